The van der Waals surface area contributed by atoms with Crippen molar-refractivity contribution < 1.29 is 0 Å². The lowest BCUT2D eigenvalue weighted by Gasteiger charge is -2.37. The molecule has 2 heterocycles. The second-order valence-electron chi connectivity index (χ2n) is 6.41. The summed E-state index contributed by atoms with van der Waals surface area (Å²) in [5.41, 5.74) is 6.74. The lowest BCUT2D eigenvalue weighted by molar-refractivity contribution is 0.181. The van der Waals surface area contributed by atoms with Crippen LogP contribution in [0.3, 0.4) is 0 Å². The van der Waals surface area contributed by atoms with E-state index in [1.165, 1.54) is 24.1 Å². The summed E-state index contributed by atoms with van der Waals surface area (Å²) in [4.78, 5) is 8.25. The van der Waals surface area contributed by atoms with E-state index < -0.39 is 0 Å². The molecule has 1 atom stereocenters. The topological polar surface area (TPSA) is 41.6 Å². The fourth-order valence-corrected chi connectivity index (χ4v) is 4.15. The fraction of sp³-hybridized carbons (Fsp3) is 0.643. The number of guanidine groups is 1. The molecule has 2 aliphatic rings. The van der Waals surface area contributed by atoms with E-state index in [9.17, 15) is 0 Å². The standard InChI is InChI=1S/C14H21N3S/c1-13(2)5-6-14(9-13)10-16-12(15)17(14)8-11-4-3-7-18-11/h3-4,7H,5-6,8-10H2,1-2H3,(H2,15,16). The van der Waals surface area contributed by atoms with Crippen molar-refractivity contribution in [1.29, 1.82) is 0 Å². The Morgan fingerprint density at radius 2 is 2.28 bits per heavy atom. The minimum atomic E-state index is 0.192. The smallest absolute Gasteiger partial charge is 0.192 e. The molecule has 0 saturated heterocycles. The number of nitrogens with zero attached hydrogens (tertiary/aromatic N) is 2. The lowest BCUT2D eigenvalue weighted by atomic mass is 9.87. The summed E-state index contributed by atoms with van der Waals surface area (Å²) >= 11 is 1.80. The first kappa shape index (κ1) is 12.0. The SMILES string of the molecule is CC1(C)CCC2(CN=C(N)N2Cc2cccs2)C1. The second-order valence-corrected chi connectivity index (χ2v) is 7.44. The molecule has 98 valence electrons. The van der Waals surface area contributed by atoms with Crippen LogP contribution in [-0.4, -0.2) is 22.9 Å². The van der Waals surface area contributed by atoms with Gasteiger partial charge < -0.3 is 10.6 Å². The van der Waals surface area contributed by atoms with Crippen LogP contribution in [0.1, 0.15) is 38.0 Å². The minimum Gasteiger partial charge on any atom is -0.370 e. The molecule has 0 bridgehead atoms. The molecule has 1 spiro atoms. The number of rotatable bonds is 2. The van der Waals surface area contributed by atoms with E-state index in [2.05, 4.69) is 41.3 Å². The summed E-state index contributed by atoms with van der Waals surface area (Å²) in [5.74, 6) is 0.737. The Bertz CT molecular complexity index is 463. The Hall–Kier alpha value is -1.03. The molecule has 3 rings (SSSR count). The summed E-state index contributed by atoms with van der Waals surface area (Å²) in [7, 11) is 0. The van der Waals surface area contributed by atoms with Crippen molar-refractivity contribution in [2.24, 2.45) is 16.1 Å². The van der Waals surface area contributed by atoms with Gasteiger partial charge in [-0.25, -0.2) is 0 Å². The molecule has 18 heavy (non-hydrogen) atoms. The maximum absolute atomic E-state index is 6.12. The molecule has 1 aromatic heterocycles. The molecular weight excluding hydrogens is 242 g/mol. The fourth-order valence-electron chi connectivity index (χ4n) is 3.45. The van der Waals surface area contributed by atoms with Crippen LogP contribution in [-0.2, 0) is 6.54 Å². The highest BCUT2D eigenvalue weighted by Gasteiger charge is 2.50. The molecule has 1 aliphatic heterocycles. The zero-order chi connectivity index (χ0) is 12.8. The van der Waals surface area contributed by atoms with Crippen LogP contribution in [0.5, 0.6) is 0 Å². The van der Waals surface area contributed by atoms with Gasteiger partial charge in [0.25, 0.3) is 0 Å². The Kier molecular flexibility index (Phi) is 2.66. The Labute approximate surface area is 113 Å². The number of hydrogen-bond acceptors (Lipinski definition) is 4. The van der Waals surface area contributed by atoms with Crippen molar-refractivity contribution in [2.45, 2.75) is 45.2 Å². The van der Waals surface area contributed by atoms with Gasteiger partial charge in [-0.15, -0.1) is 11.3 Å². The molecule has 4 heteroatoms. The van der Waals surface area contributed by atoms with Gasteiger partial charge in [-0.2, -0.15) is 0 Å². The predicted octanol–water partition coefficient (Wildman–Crippen LogP) is 2.83. The van der Waals surface area contributed by atoms with Crippen LogP contribution < -0.4 is 5.73 Å². The molecular formula is C14H21N3S. The Morgan fingerprint density at radius 1 is 1.44 bits per heavy atom. The van der Waals surface area contributed by atoms with E-state index in [4.69, 9.17) is 5.73 Å². The van der Waals surface area contributed by atoms with Gasteiger partial charge in [0.15, 0.2) is 5.96 Å². The van der Waals surface area contributed by atoms with Gasteiger partial charge in [0.1, 0.15) is 0 Å². The number of thiophene rings is 1. The van der Waals surface area contributed by atoms with E-state index >= 15 is 0 Å². The van der Waals surface area contributed by atoms with Gasteiger partial charge in [-0.05, 0) is 36.1 Å². The predicted molar refractivity (Wildman–Crippen MR) is 76.7 cm³/mol. The zero-order valence-corrected chi connectivity index (χ0v) is 12.0. The van der Waals surface area contributed by atoms with Crippen molar-refractivity contribution in [2.75, 3.05) is 6.54 Å². The first-order chi connectivity index (χ1) is 8.51. The first-order valence-electron chi connectivity index (χ1n) is 6.61. The molecule has 2 N–H and O–H groups in total. The average Bonchev–Trinajstić information content (AvgIpc) is 2.97. The Balaban J connectivity index is 1.84. The highest BCUT2D eigenvalue weighted by molar-refractivity contribution is 7.09. The first-order valence-corrected chi connectivity index (χ1v) is 7.49. The highest BCUT2D eigenvalue weighted by atomic mass is 32.1. The van der Waals surface area contributed by atoms with Crippen LogP contribution in [0.4, 0.5) is 0 Å². The molecule has 1 aromatic rings. The number of nitrogens with two attached hydrogens (primary N) is 1. The van der Waals surface area contributed by atoms with Gasteiger partial charge in [-0.3, -0.25) is 4.99 Å². The third kappa shape index (κ3) is 1.92. The zero-order valence-electron chi connectivity index (χ0n) is 11.1. The third-order valence-corrected chi connectivity index (χ3v) is 5.21. The van der Waals surface area contributed by atoms with Gasteiger partial charge in [-0.1, -0.05) is 19.9 Å². The number of hydrogen-bond donors (Lipinski definition) is 1. The Morgan fingerprint density at radius 3 is 2.89 bits per heavy atom. The maximum Gasteiger partial charge on any atom is 0.192 e. The van der Waals surface area contributed by atoms with Gasteiger partial charge >= 0.3 is 0 Å². The minimum absolute atomic E-state index is 0.192. The maximum atomic E-state index is 6.12. The van der Waals surface area contributed by atoms with Crippen molar-refractivity contribution in [3.63, 3.8) is 0 Å². The second kappa shape index (κ2) is 3.98. The van der Waals surface area contributed by atoms with Crippen LogP contribution in [0.2, 0.25) is 0 Å². The quantitative estimate of drug-likeness (QED) is 0.891. The van der Waals surface area contributed by atoms with E-state index in [0.717, 1.165) is 19.0 Å². The van der Waals surface area contributed by atoms with Gasteiger partial charge in [0.2, 0.25) is 0 Å². The lowest BCUT2D eigenvalue weighted by Crippen LogP contribution is -2.49. The molecule has 1 aliphatic carbocycles. The normalized spacial score (nSPS) is 30.1. The highest BCUT2D eigenvalue weighted by Crippen LogP contribution is 2.48. The van der Waals surface area contributed by atoms with E-state index in [1.807, 2.05) is 0 Å². The summed E-state index contributed by atoms with van der Waals surface area (Å²) in [6.45, 7) is 6.52. The molecule has 1 unspecified atom stereocenters. The van der Waals surface area contributed by atoms with Crippen molar-refractivity contribution in [3.8, 4) is 0 Å². The summed E-state index contributed by atoms with van der Waals surface area (Å²) in [5, 5.41) is 2.13. The van der Waals surface area contributed by atoms with Crippen LogP contribution >= 0.6 is 11.3 Å². The van der Waals surface area contributed by atoms with Crippen LogP contribution in [0, 0.1) is 5.41 Å². The number of aliphatic imine (C=N–C) groups is 1. The van der Waals surface area contributed by atoms with Crippen LogP contribution in [0.25, 0.3) is 0 Å². The molecule has 3 nitrogen and oxygen atoms in total. The molecule has 0 amide bonds. The molecule has 1 fully saturated rings. The monoisotopic (exact) mass is 263 g/mol. The summed E-state index contributed by atoms with van der Waals surface area (Å²) < 4.78 is 0. The summed E-state index contributed by atoms with van der Waals surface area (Å²) in [6.07, 6.45) is 3.70. The summed E-state index contributed by atoms with van der Waals surface area (Å²) in [6, 6.07) is 4.29. The van der Waals surface area contributed by atoms with Crippen molar-refractivity contribution in [1.82, 2.24) is 4.90 Å². The largest absolute Gasteiger partial charge is 0.370 e. The molecule has 0 aromatic carbocycles. The van der Waals surface area contributed by atoms with E-state index in [-0.39, 0.29) is 5.54 Å². The van der Waals surface area contributed by atoms with Crippen LogP contribution in [0.15, 0.2) is 22.5 Å². The van der Waals surface area contributed by atoms with Crippen molar-refractivity contribution >= 4 is 17.3 Å². The van der Waals surface area contributed by atoms with E-state index in [1.54, 1.807) is 11.3 Å². The van der Waals surface area contributed by atoms with E-state index in [0.29, 0.717) is 5.41 Å². The third-order valence-electron chi connectivity index (χ3n) is 4.35. The van der Waals surface area contributed by atoms with Crippen molar-refractivity contribution in [3.05, 3.63) is 22.4 Å². The molecule has 0 radical (unpaired) electrons. The molecule has 1 saturated carbocycles. The van der Waals surface area contributed by atoms with Gasteiger partial charge in [0, 0.05) is 4.88 Å². The van der Waals surface area contributed by atoms with Gasteiger partial charge in [0.05, 0.1) is 18.6 Å². The average molecular weight is 263 g/mol.